The Morgan fingerprint density at radius 1 is 0.638 bits per heavy atom. The average Bonchev–Trinajstić information content (AvgIpc) is 3.98. The number of anilines is 4. The summed E-state index contributed by atoms with van der Waals surface area (Å²) < 4.78 is 13.1. The van der Waals surface area contributed by atoms with Gasteiger partial charge in [-0.2, -0.15) is 0 Å². The lowest BCUT2D eigenvalue weighted by atomic mass is 10.1. The van der Waals surface area contributed by atoms with Gasteiger partial charge in [0.2, 0.25) is 23.8 Å². The molecule has 368 valence electrons. The summed E-state index contributed by atoms with van der Waals surface area (Å²) in [5, 5.41) is 33.1. The smallest absolute Gasteiger partial charge is 0.332 e. The summed E-state index contributed by atoms with van der Waals surface area (Å²) >= 11 is 3.30. The number of thiophene rings is 2. The number of nitrogens with zero attached hydrogens (tertiary/aromatic N) is 13. The van der Waals surface area contributed by atoms with Crippen molar-refractivity contribution in [2.24, 2.45) is 0 Å². The third-order valence-electron chi connectivity index (χ3n) is 11.8. The number of carbonyl (C=O) groups is 2. The van der Waals surface area contributed by atoms with E-state index in [2.05, 4.69) is 55.6 Å². The lowest BCUT2D eigenvalue weighted by Gasteiger charge is -2.35. The number of rotatable bonds is 10. The number of nitrogens with two attached hydrogens (primary N) is 2. The molecule has 0 bridgehead atoms. The van der Waals surface area contributed by atoms with Crippen LogP contribution in [0.5, 0.6) is 0 Å². The van der Waals surface area contributed by atoms with Crippen LogP contribution < -0.4 is 26.6 Å². The lowest BCUT2D eigenvalue weighted by molar-refractivity contribution is -0.145. The first-order chi connectivity index (χ1) is 33.4. The van der Waals surface area contributed by atoms with Crippen molar-refractivity contribution in [2.45, 2.75) is 39.1 Å². The number of nitrogens with one attached hydrogen (secondary N) is 1. The number of amides is 1. The van der Waals surface area contributed by atoms with Gasteiger partial charge in [-0.3, -0.25) is 14.6 Å². The highest BCUT2D eigenvalue weighted by atomic mass is 32.1. The summed E-state index contributed by atoms with van der Waals surface area (Å²) in [7, 11) is 0. The molecule has 4 aliphatic rings. The molecule has 0 aromatic carbocycles. The maximum absolute atomic E-state index is 12.1. The number of aliphatic hydroxyl groups excluding tert-OH is 2. The summed E-state index contributed by atoms with van der Waals surface area (Å²) in [6.07, 6.45) is 4.69. The van der Waals surface area contributed by atoms with E-state index in [-0.39, 0.29) is 17.8 Å². The van der Waals surface area contributed by atoms with Crippen molar-refractivity contribution in [3.05, 3.63) is 46.7 Å². The summed E-state index contributed by atoms with van der Waals surface area (Å²) in [5.74, 6) is 0.511. The molecule has 4 aliphatic heterocycles. The van der Waals surface area contributed by atoms with E-state index in [0.29, 0.717) is 45.5 Å². The molecule has 10 rings (SSSR count). The summed E-state index contributed by atoms with van der Waals surface area (Å²) in [5.41, 5.74) is 19.0. The van der Waals surface area contributed by atoms with Gasteiger partial charge in [-0.05, 0) is 24.6 Å². The second-order valence-electron chi connectivity index (χ2n) is 16.8. The second-order valence-corrected chi connectivity index (χ2v) is 18.6. The molecule has 8 N–H and O–H groups in total. The highest BCUT2D eigenvalue weighted by Crippen LogP contribution is 2.37. The number of morpholine rings is 2. The zero-order valence-electron chi connectivity index (χ0n) is 38.6. The molecular formula is C44H58N16O7S2. The molecule has 23 nitrogen and oxygen atoms in total. The third-order valence-corrected chi connectivity index (χ3v) is 13.9. The van der Waals surface area contributed by atoms with Gasteiger partial charge in [-0.1, -0.05) is 0 Å². The topological polar surface area (TPSA) is 297 Å². The third kappa shape index (κ3) is 12.5. The maximum atomic E-state index is 12.1. The minimum Gasteiger partial charge on any atom is -0.479 e. The molecule has 4 fully saturated rings. The van der Waals surface area contributed by atoms with Crippen molar-refractivity contribution in [3.8, 4) is 22.5 Å². The summed E-state index contributed by atoms with van der Waals surface area (Å²) in [6.45, 7) is 17.0. The van der Waals surface area contributed by atoms with Crippen LogP contribution in [-0.2, 0) is 32.2 Å². The van der Waals surface area contributed by atoms with Gasteiger partial charge < -0.3 is 56.3 Å². The van der Waals surface area contributed by atoms with Crippen LogP contribution in [0.2, 0.25) is 0 Å². The minimum atomic E-state index is -1.23. The molecule has 25 heteroatoms. The van der Waals surface area contributed by atoms with Crippen LogP contribution in [0, 0.1) is 0 Å². The summed E-state index contributed by atoms with van der Waals surface area (Å²) in [4.78, 5) is 68.8. The highest BCUT2D eigenvalue weighted by Gasteiger charge is 2.27. The fraction of sp³-hybridized carbons (Fsp3) is 0.500. The quantitative estimate of drug-likeness (QED) is 0.112. The SMILES string of the molecule is C[C@H](O)C(=O)N1CCN(Cc2csc3c(-c4cnc(N)nc4)nc(N4CCOCC4)nc23)CC1.C[C@H](O)C(=O)O.Nc1ncc(-c2nc(N3CCOCC3)nc3c(CN4CCNCC4)csc23)cn1. The van der Waals surface area contributed by atoms with Gasteiger partial charge in [0.25, 0.3) is 5.91 Å². The molecule has 1 amide bonds. The standard InChI is InChI=1S/C22H28N8O3S.C19H24N8OS.C3H6O3/c1-14(31)20(32)29-4-2-28(3-5-29)12-16-13-34-19-17(15-10-24-21(23)25-11-15)26-22(27-18(16)19)30-6-8-33-9-7-30;20-18-22-9-13(10-23-18)15-17-16(25-19(24-15)27-5-7-28-8-6-27)14(12-29-17)11-26-3-1-21-2-4-26;1-2(4)3(5)6/h10-11,13-14,31H,2-9,12H2,1H3,(H2,23,24,25);9-10,12,21H,1-8,11H2,(H2,20,22,23);2,4H,1H3,(H,5,6)/t14-;;2-/m0.0/s1. The van der Waals surface area contributed by atoms with Crippen molar-refractivity contribution in [3.63, 3.8) is 0 Å². The highest BCUT2D eigenvalue weighted by molar-refractivity contribution is 7.18. The molecule has 6 aromatic rings. The van der Waals surface area contributed by atoms with Gasteiger partial charge in [0.1, 0.15) is 12.2 Å². The van der Waals surface area contributed by atoms with Crippen LogP contribution >= 0.6 is 22.7 Å². The van der Waals surface area contributed by atoms with Crippen LogP contribution in [0.1, 0.15) is 25.0 Å². The van der Waals surface area contributed by atoms with Gasteiger partial charge in [0.05, 0.1) is 58.2 Å². The first-order valence-corrected chi connectivity index (χ1v) is 24.6. The van der Waals surface area contributed by atoms with Crippen LogP contribution in [0.4, 0.5) is 23.8 Å². The molecule has 2 atom stereocenters. The molecule has 10 heterocycles. The van der Waals surface area contributed by atoms with Crippen LogP contribution in [0.25, 0.3) is 42.9 Å². The van der Waals surface area contributed by atoms with E-state index in [1.807, 2.05) is 0 Å². The van der Waals surface area contributed by atoms with Crippen molar-refractivity contribution in [1.82, 2.24) is 59.9 Å². The van der Waals surface area contributed by atoms with Gasteiger partial charge >= 0.3 is 5.97 Å². The van der Waals surface area contributed by atoms with Crippen molar-refractivity contribution in [2.75, 3.05) is 126 Å². The monoisotopic (exact) mass is 986 g/mol. The number of carboxylic acid groups (broad SMARTS) is 1. The number of piperazine rings is 2. The van der Waals surface area contributed by atoms with E-state index in [4.69, 9.17) is 51.1 Å². The van der Waals surface area contributed by atoms with Gasteiger partial charge in [-0.25, -0.2) is 44.7 Å². The molecule has 4 saturated heterocycles. The number of fused-ring (bicyclic) bond motifs is 2. The lowest BCUT2D eigenvalue weighted by Crippen LogP contribution is -2.50. The Labute approximate surface area is 406 Å². The number of hydrogen-bond donors (Lipinski definition) is 6. The first-order valence-electron chi connectivity index (χ1n) is 22.8. The first kappa shape index (κ1) is 49.5. The average molecular weight is 987 g/mol. The largest absolute Gasteiger partial charge is 0.479 e. The summed E-state index contributed by atoms with van der Waals surface area (Å²) in [6, 6.07) is 0. The van der Waals surface area contributed by atoms with Crippen LogP contribution in [0.3, 0.4) is 0 Å². The number of carboxylic acids is 1. The predicted molar refractivity (Wildman–Crippen MR) is 263 cm³/mol. The van der Waals surface area contributed by atoms with E-state index in [0.717, 1.165) is 133 Å². The van der Waals surface area contributed by atoms with Crippen molar-refractivity contribution in [1.29, 1.82) is 0 Å². The maximum Gasteiger partial charge on any atom is 0.332 e. The fourth-order valence-electron chi connectivity index (χ4n) is 8.00. The van der Waals surface area contributed by atoms with Crippen molar-refractivity contribution >= 4 is 78.8 Å². The Morgan fingerprint density at radius 3 is 1.43 bits per heavy atom. The van der Waals surface area contributed by atoms with E-state index in [1.54, 1.807) is 52.4 Å². The minimum absolute atomic E-state index is 0.209. The molecule has 0 radical (unpaired) electrons. The molecule has 0 aliphatic carbocycles. The Kier molecular flexibility index (Phi) is 16.6. The number of aliphatic carboxylic acids is 1. The Balaban J connectivity index is 0.000000168. The molecule has 0 unspecified atom stereocenters. The number of nitrogen functional groups attached to an aromatic ring is 2. The van der Waals surface area contributed by atoms with E-state index in [1.165, 1.54) is 19.4 Å². The van der Waals surface area contributed by atoms with Crippen LogP contribution in [0.15, 0.2) is 35.5 Å². The zero-order chi connectivity index (χ0) is 48.4. The number of aliphatic hydroxyl groups is 2. The van der Waals surface area contributed by atoms with Crippen molar-refractivity contribution < 1.29 is 34.4 Å². The zero-order valence-corrected chi connectivity index (χ0v) is 40.2. The van der Waals surface area contributed by atoms with Gasteiger partial charge in [0.15, 0.2) is 0 Å². The normalized spacial score (nSPS) is 18.0. The Bertz CT molecular complexity index is 2650. The van der Waals surface area contributed by atoms with Gasteiger partial charge in [0, 0.05) is 139 Å². The molecule has 0 saturated carbocycles. The number of carbonyl (C=O) groups excluding carboxylic acids is 1. The molecular weight excluding hydrogens is 929 g/mol. The van der Waals surface area contributed by atoms with E-state index < -0.39 is 18.2 Å². The predicted octanol–water partition coefficient (Wildman–Crippen LogP) is 1.02. The number of ether oxygens (including phenoxy) is 2. The van der Waals surface area contributed by atoms with Gasteiger partial charge in [-0.15, -0.1) is 22.7 Å². The van der Waals surface area contributed by atoms with Crippen LogP contribution in [-0.4, -0.2) is 199 Å². The fourth-order valence-corrected chi connectivity index (χ4v) is 10.0. The van der Waals surface area contributed by atoms with E-state index in [9.17, 15) is 14.7 Å². The molecule has 0 spiro atoms. The number of aromatic nitrogens is 8. The van der Waals surface area contributed by atoms with E-state index >= 15 is 0 Å². The Hall–Kier alpha value is -5.90. The Morgan fingerprint density at radius 2 is 1.04 bits per heavy atom. The second kappa shape index (κ2) is 23.1. The number of hydrogen-bond acceptors (Lipinski definition) is 23. The molecule has 69 heavy (non-hydrogen) atoms. The molecule has 6 aromatic heterocycles.